The van der Waals surface area contributed by atoms with E-state index in [-0.39, 0.29) is 23.8 Å². The molecule has 5 heteroatoms. The predicted octanol–water partition coefficient (Wildman–Crippen LogP) is 2.38. The number of hydrogen-bond acceptors (Lipinski definition) is 3. The van der Waals surface area contributed by atoms with Gasteiger partial charge in [0.1, 0.15) is 0 Å². The molecular weight excluding hydrogens is 302 g/mol. The van der Waals surface area contributed by atoms with Gasteiger partial charge in [-0.25, -0.2) is 0 Å². The minimum absolute atomic E-state index is 0.0111. The highest BCUT2D eigenvalue weighted by Crippen LogP contribution is 2.28. The number of likely N-dealkylation sites (tertiary alicyclic amines) is 1. The van der Waals surface area contributed by atoms with Gasteiger partial charge in [0.25, 0.3) is 0 Å². The maximum atomic E-state index is 12.4. The molecule has 1 saturated heterocycles. The van der Waals surface area contributed by atoms with Crippen molar-refractivity contribution >= 4 is 17.5 Å². The molecule has 24 heavy (non-hydrogen) atoms. The molecule has 3 rings (SSSR count). The number of nitrogens with two attached hydrogens (primary N) is 1. The fourth-order valence-corrected chi connectivity index (χ4v) is 3.83. The van der Waals surface area contributed by atoms with Crippen LogP contribution in [-0.2, 0) is 9.59 Å². The van der Waals surface area contributed by atoms with Crippen molar-refractivity contribution in [2.24, 2.45) is 17.6 Å². The predicted molar refractivity (Wildman–Crippen MR) is 94.3 cm³/mol. The number of carbonyl (C=O) groups is 2. The van der Waals surface area contributed by atoms with E-state index in [1.807, 2.05) is 35.2 Å². The molecule has 0 unspecified atom stereocenters. The molecule has 130 valence electrons. The molecule has 1 saturated carbocycles. The van der Waals surface area contributed by atoms with Crippen LogP contribution in [0.5, 0.6) is 0 Å². The van der Waals surface area contributed by atoms with Crippen molar-refractivity contribution in [1.82, 2.24) is 4.90 Å². The van der Waals surface area contributed by atoms with Gasteiger partial charge in [-0.05, 0) is 43.7 Å². The lowest BCUT2D eigenvalue weighted by molar-refractivity contribution is -0.135. The second-order valence-electron chi connectivity index (χ2n) is 7.07. The Balaban J connectivity index is 1.45. The highest BCUT2D eigenvalue weighted by Gasteiger charge is 2.31. The fraction of sp³-hybridized carbons (Fsp3) is 0.579. The van der Waals surface area contributed by atoms with Crippen molar-refractivity contribution in [3.63, 3.8) is 0 Å². The fourth-order valence-electron chi connectivity index (χ4n) is 3.83. The summed E-state index contributed by atoms with van der Waals surface area (Å²) in [6, 6.07) is 9.71. The average Bonchev–Trinajstić information content (AvgIpc) is 3.00. The maximum Gasteiger partial charge on any atom is 0.227 e. The average molecular weight is 329 g/mol. The minimum atomic E-state index is -0.0111. The third-order valence-corrected chi connectivity index (χ3v) is 5.41. The van der Waals surface area contributed by atoms with Crippen LogP contribution in [0.3, 0.4) is 0 Å². The first kappa shape index (κ1) is 17.0. The molecule has 5 nitrogen and oxygen atoms in total. The van der Waals surface area contributed by atoms with Crippen molar-refractivity contribution in [2.45, 2.75) is 44.6 Å². The molecule has 0 bridgehead atoms. The third kappa shape index (κ3) is 4.15. The molecule has 0 spiro atoms. The van der Waals surface area contributed by atoms with Crippen LogP contribution >= 0.6 is 0 Å². The highest BCUT2D eigenvalue weighted by molar-refractivity contribution is 5.92. The number of para-hydroxylation sites is 1. The van der Waals surface area contributed by atoms with Crippen LogP contribution in [0.2, 0.25) is 0 Å². The molecule has 1 aromatic carbocycles. The Kier molecular flexibility index (Phi) is 5.51. The summed E-state index contributed by atoms with van der Waals surface area (Å²) in [5.41, 5.74) is 6.90. The Labute approximate surface area is 143 Å². The summed E-state index contributed by atoms with van der Waals surface area (Å²) in [5, 5.41) is 2.96. The van der Waals surface area contributed by atoms with E-state index >= 15 is 0 Å². The number of carbonyl (C=O) groups excluding carboxylic acids is 2. The second-order valence-corrected chi connectivity index (χ2v) is 7.07. The van der Waals surface area contributed by atoms with Crippen molar-refractivity contribution in [3.05, 3.63) is 30.3 Å². The number of piperidine rings is 1. The third-order valence-electron chi connectivity index (χ3n) is 5.41. The lowest BCUT2D eigenvalue weighted by atomic mass is 9.94. The Bertz CT molecular complexity index is 567. The van der Waals surface area contributed by atoms with Gasteiger partial charge in [-0.1, -0.05) is 24.6 Å². The second kappa shape index (κ2) is 7.79. The summed E-state index contributed by atoms with van der Waals surface area (Å²) >= 11 is 0. The lowest BCUT2D eigenvalue weighted by Crippen LogP contribution is -2.42. The largest absolute Gasteiger partial charge is 0.343 e. The first-order chi connectivity index (χ1) is 11.6. The maximum absolute atomic E-state index is 12.4. The van der Waals surface area contributed by atoms with Crippen molar-refractivity contribution in [2.75, 3.05) is 18.4 Å². The van der Waals surface area contributed by atoms with E-state index in [9.17, 15) is 9.59 Å². The normalized spacial score (nSPS) is 24.8. The molecule has 2 aliphatic rings. The number of nitrogens with one attached hydrogen (secondary N) is 1. The summed E-state index contributed by atoms with van der Waals surface area (Å²) < 4.78 is 0. The number of rotatable bonds is 4. The van der Waals surface area contributed by atoms with E-state index in [0.29, 0.717) is 25.4 Å². The van der Waals surface area contributed by atoms with Gasteiger partial charge in [0, 0.05) is 37.2 Å². The molecule has 2 fully saturated rings. The molecule has 1 aliphatic heterocycles. The van der Waals surface area contributed by atoms with Crippen LogP contribution in [0.1, 0.15) is 38.5 Å². The van der Waals surface area contributed by atoms with Crippen molar-refractivity contribution < 1.29 is 9.59 Å². The summed E-state index contributed by atoms with van der Waals surface area (Å²) in [4.78, 5) is 26.7. The van der Waals surface area contributed by atoms with Gasteiger partial charge in [0.05, 0.1) is 0 Å². The van der Waals surface area contributed by atoms with Crippen LogP contribution in [0.25, 0.3) is 0 Å². The number of benzene rings is 1. The van der Waals surface area contributed by atoms with Crippen LogP contribution < -0.4 is 11.1 Å². The zero-order valence-corrected chi connectivity index (χ0v) is 14.1. The summed E-state index contributed by atoms with van der Waals surface area (Å²) in [6.07, 6.45) is 5.30. The van der Waals surface area contributed by atoms with Crippen LogP contribution in [0.4, 0.5) is 5.69 Å². The van der Waals surface area contributed by atoms with Gasteiger partial charge in [0.2, 0.25) is 11.8 Å². The highest BCUT2D eigenvalue weighted by atomic mass is 16.2. The van der Waals surface area contributed by atoms with Gasteiger partial charge in [0.15, 0.2) is 0 Å². The molecule has 3 N–H and O–H groups in total. The Morgan fingerprint density at radius 2 is 1.79 bits per heavy atom. The summed E-state index contributed by atoms with van der Waals surface area (Å²) in [6.45, 7) is 1.35. The molecule has 1 aliphatic carbocycles. The quantitative estimate of drug-likeness (QED) is 0.890. The summed E-state index contributed by atoms with van der Waals surface area (Å²) in [5.74, 6) is 0.602. The number of amides is 2. The Morgan fingerprint density at radius 1 is 1.08 bits per heavy atom. The van der Waals surface area contributed by atoms with Crippen molar-refractivity contribution in [1.29, 1.82) is 0 Å². The molecule has 1 aromatic rings. The smallest absolute Gasteiger partial charge is 0.227 e. The van der Waals surface area contributed by atoms with Gasteiger partial charge >= 0.3 is 0 Å². The van der Waals surface area contributed by atoms with E-state index in [1.165, 1.54) is 0 Å². The topological polar surface area (TPSA) is 75.4 Å². The monoisotopic (exact) mass is 329 g/mol. The zero-order valence-electron chi connectivity index (χ0n) is 14.1. The van der Waals surface area contributed by atoms with Gasteiger partial charge in [-0.3, -0.25) is 9.59 Å². The van der Waals surface area contributed by atoms with Crippen LogP contribution in [0.15, 0.2) is 30.3 Å². The molecule has 0 aromatic heterocycles. The summed E-state index contributed by atoms with van der Waals surface area (Å²) in [7, 11) is 0. The Hall–Kier alpha value is -1.88. The SMILES string of the molecule is N[C@@H]1CCC[C@H]1CC(=O)N1CCC(C(=O)Nc2ccccc2)CC1. The van der Waals surface area contributed by atoms with Crippen molar-refractivity contribution in [3.8, 4) is 0 Å². The molecular formula is C19H27N3O2. The van der Waals surface area contributed by atoms with E-state index in [4.69, 9.17) is 5.73 Å². The number of nitrogens with zero attached hydrogens (tertiary/aromatic N) is 1. The standard InChI is InChI=1S/C19H27N3O2/c20-17-8-4-5-15(17)13-18(23)22-11-9-14(10-12-22)19(24)21-16-6-2-1-3-7-16/h1-3,6-7,14-15,17H,4-5,8-13,20H2,(H,21,24)/t15-,17+/m0/s1. The first-order valence-corrected chi connectivity index (χ1v) is 9.03. The molecule has 2 amide bonds. The minimum Gasteiger partial charge on any atom is -0.343 e. The van der Waals surface area contributed by atoms with Gasteiger partial charge < -0.3 is 16.0 Å². The lowest BCUT2D eigenvalue weighted by Gasteiger charge is -2.32. The van der Waals surface area contributed by atoms with Gasteiger partial charge in [-0.15, -0.1) is 0 Å². The number of anilines is 1. The zero-order chi connectivity index (χ0) is 16.9. The van der Waals surface area contributed by atoms with Crippen LogP contribution in [-0.4, -0.2) is 35.8 Å². The molecule has 1 heterocycles. The molecule has 2 atom stereocenters. The van der Waals surface area contributed by atoms with E-state index < -0.39 is 0 Å². The van der Waals surface area contributed by atoms with E-state index in [2.05, 4.69) is 5.32 Å². The number of hydrogen-bond donors (Lipinski definition) is 2. The first-order valence-electron chi connectivity index (χ1n) is 9.03. The van der Waals surface area contributed by atoms with Gasteiger partial charge in [-0.2, -0.15) is 0 Å². The molecule has 0 radical (unpaired) electrons. The Morgan fingerprint density at radius 3 is 2.42 bits per heavy atom. The van der Waals surface area contributed by atoms with E-state index in [1.54, 1.807) is 0 Å². The van der Waals surface area contributed by atoms with E-state index in [0.717, 1.165) is 37.8 Å². The van der Waals surface area contributed by atoms with Crippen LogP contribution in [0, 0.1) is 11.8 Å².